The normalized spacial score (nSPS) is 11.3. The Bertz CT molecular complexity index is 8860. The van der Waals surface area contributed by atoms with E-state index in [1.165, 1.54) is 132 Å². The van der Waals surface area contributed by atoms with E-state index in [4.69, 9.17) is 44.9 Å². The predicted molar refractivity (Wildman–Crippen MR) is 590 cm³/mol. The van der Waals surface area contributed by atoms with Crippen LogP contribution < -0.4 is 4.46 Å². The van der Waals surface area contributed by atoms with Crippen molar-refractivity contribution in [2.75, 3.05) is 0 Å². The van der Waals surface area contributed by atoms with Crippen LogP contribution in [0.25, 0.3) is 251 Å². The van der Waals surface area contributed by atoms with Gasteiger partial charge in [0.05, 0.1) is 0 Å². The van der Waals surface area contributed by atoms with Crippen molar-refractivity contribution in [3.8, 4) is 180 Å². The molecular weight excluding hydrogens is 1910 g/mol. The van der Waals surface area contributed by atoms with Crippen molar-refractivity contribution in [1.82, 2.24) is 44.9 Å². The Morgan fingerprint density at radius 2 is 0.348 bits per heavy atom. The van der Waals surface area contributed by atoms with Crippen molar-refractivity contribution in [3.05, 3.63) is 497 Å². The van der Waals surface area contributed by atoms with Crippen LogP contribution in [0.15, 0.2) is 497 Å². The SMILES string of the molecule is [SeH]c1c(-c2ccccc2)cccc1-c1cccc2c(-c3nc(-c4ccccc4)nc(-c4ccc(-c5ccccc5)cc4)n3)cccc12.c1ccc(-c2nc(-c3ccccc3)nc(-c3ccc(-c4cccc5c4[se]c4c(-c6ccccc6)cccc45)c4ccccc34)n2)cc1.c1ccc(-c2nc(-c3ccccc3)nc(-c3ccc4cccc(-c5cccc6c5[se]c5c(-c7ccccc7)cccc56)c4c3)n2)cc1. The molecule has 0 unspecified atom stereocenters. The Labute approximate surface area is 836 Å². The van der Waals surface area contributed by atoms with Crippen molar-refractivity contribution in [2.24, 2.45) is 0 Å². The molecule has 0 aliphatic carbocycles. The quantitative estimate of drug-likeness (QED) is 0.0872. The average molecular weight is 2000 g/mol. The summed E-state index contributed by atoms with van der Waals surface area (Å²) in [6, 6.07) is 175. The number of nitrogens with zero attached hydrogens (tertiary/aromatic N) is 9. The number of aromatic nitrogens is 9. The van der Waals surface area contributed by atoms with E-state index in [2.05, 4.69) is 356 Å². The third-order valence-electron chi connectivity index (χ3n) is 26.0. The molecule has 0 amide bonds. The molecule has 5 heterocycles. The second kappa shape index (κ2) is 38.9. The van der Waals surface area contributed by atoms with E-state index in [1.807, 2.05) is 158 Å². The van der Waals surface area contributed by atoms with Crippen LogP contribution in [0.2, 0.25) is 0 Å². The summed E-state index contributed by atoms with van der Waals surface area (Å²) in [5.74, 6) is 5.93. The van der Waals surface area contributed by atoms with E-state index in [0.717, 1.165) is 71.8 Å². The van der Waals surface area contributed by atoms with E-state index in [1.54, 1.807) is 0 Å². The summed E-state index contributed by atoms with van der Waals surface area (Å²) >= 11 is 3.13. The van der Waals surface area contributed by atoms with Gasteiger partial charge in [-0.05, 0) is 11.1 Å². The summed E-state index contributed by atoms with van der Waals surface area (Å²) in [5, 5.41) is 12.4. The first-order chi connectivity index (χ1) is 69.8. The molecule has 0 aliphatic rings. The van der Waals surface area contributed by atoms with Crippen molar-refractivity contribution in [2.45, 2.75) is 0 Å². The first-order valence-electron chi connectivity index (χ1n) is 47.0. The number of rotatable bonds is 16. The first-order valence-corrected chi connectivity index (χ1v) is 51.4. The Kier molecular flexibility index (Phi) is 23.9. The van der Waals surface area contributed by atoms with Gasteiger partial charge in [-0.3, -0.25) is 0 Å². The summed E-state index contributed by atoms with van der Waals surface area (Å²) in [4.78, 5) is 45.1. The van der Waals surface area contributed by atoms with Crippen LogP contribution in [0.1, 0.15) is 0 Å². The fourth-order valence-electron chi connectivity index (χ4n) is 19.1. The van der Waals surface area contributed by atoms with Crippen molar-refractivity contribution in [1.29, 1.82) is 0 Å². The van der Waals surface area contributed by atoms with Gasteiger partial charge in [0.1, 0.15) is 0 Å². The molecular formula is C129H83N9Se3. The molecule has 0 spiro atoms. The zero-order valence-electron chi connectivity index (χ0n) is 76.1. The van der Waals surface area contributed by atoms with Gasteiger partial charge in [0.25, 0.3) is 0 Å². The number of hydrogen-bond donors (Lipinski definition) is 0. The Morgan fingerprint density at radius 3 is 0.745 bits per heavy atom. The summed E-state index contributed by atoms with van der Waals surface area (Å²) < 4.78 is 6.99. The topological polar surface area (TPSA) is 116 Å². The molecule has 0 atom stereocenters. The molecule has 12 heteroatoms. The van der Waals surface area contributed by atoms with Crippen LogP contribution in [0.5, 0.6) is 0 Å². The van der Waals surface area contributed by atoms with Gasteiger partial charge in [0.15, 0.2) is 0 Å². The fraction of sp³-hybridized carbons (Fsp3) is 0. The average Bonchev–Trinajstić information content (AvgIpc) is 1.63. The van der Waals surface area contributed by atoms with Crippen LogP contribution >= 0.6 is 0 Å². The molecule has 9 nitrogen and oxygen atoms in total. The molecule has 0 bridgehead atoms. The number of hydrogen-bond acceptors (Lipinski definition) is 9. The Hall–Kier alpha value is -17.0. The monoisotopic (exact) mass is 2000 g/mol. The molecule has 21 aromatic carbocycles. The fourth-order valence-corrected chi connectivity index (χ4v) is 25.7. The third kappa shape index (κ3) is 17.4. The summed E-state index contributed by atoms with van der Waals surface area (Å²) in [6.07, 6.45) is 0. The summed E-state index contributed by atoms with van der Waals surface area (Å²) in [7, 11) is 0. The number of fused-ring (bicyclic) bond motifs is 9. The zero-order valence-corrected chi connectivity index (χ0v) is 81.4. The molecule has 141 heavy (non-hydrogen) atoms. The second-order valence-electron chi connectivity index (χ2n) is 34.6. The summed E-state index contributed by atoms with van der Waals surface area (Å²) in [5.41, 5.74) is 26.1. The minimum absolute atomic E-state index is 0.164. The molecule has 0 aliphatic heterocycles. The predicted octanol–water partition coefficient (Wildman–Crippen LogP) is 31.0. The van der Waals surface area contributed by atoms with E-state index < -0.39 is 0 Å². The van der Waals surface area contributed by atoms with E-state index >= 15 is 0 Å². The number of benzene rings is 21. The van der Waals surface area contributed by atoms with Gasteiger partial charge in [0.2, 0.25) is 0 Å². The maximum atomic E-state index is 5.10. The first kappa shape index (κ1) is 86.8. The molecule has 0 fully saturated rings. The van der Waals surface area contributed by atoms with Crippen LogP contribution in [-0.4, -0.2) is 89.9 Å². The summed E-state index contributed by atoms with van der Waals surface area (Å²) in [6.45, 7) is 0. The van der Waals surface area contributed by atoms with Crippen LogP contribution in [0, 0.1) is 0 Å². The maximum absolute atomic E-state index is 5.10. The van der Waals surface area contributed by atoms with Gasteiger partial charge in [-0.25, -0.2) is 0 Å². The molecule has 0 saturated carbocycles. The molecule has 0 N–H and O–H groups in total. The second-order valence-corrected chi connectivity index (χ2v) is 39.8. The molecule has 26 rings (SSSR count). The van der Waals surface area contributed by atoms with E-state index in [0.29, 0.717) is 52.4 Å². The van der Waals surface area contributed by atoms with Crippen molar-refractivity contribution >= 4 is 120 Å². The Morgan fingerprint density at radius 1 is 0.128 bits per heavy atom. The van der Waals surface area contributed by atoms with Crippen LogP contribution in [-0.2, 0) is 0 Å². The van der Waals surface area contributed by atoms with E-state index in [-0.39, 0.29) is 29.0 Å². The molecule has 5 aromatic heterocycles. The standard InChI is InChI=1S/2C43H27N3Se.C43H29N3Se/c1-4-13-28(14-5-1)33-20-11-23-36-37-24-12-22-35(40(37)47-39(33)36)34-21-10-19-29-25-26-32(27-38(29)34)43-45-41(30-15-6-2-7-16-30)44-42(46-43)31-17-8-3-9-18-31;1-4-14-28(15-5-1)31-22-12-24-36-37-25-13-23-35(40(37)47-39(31)36)34-26-27-38(33-21-11-10-20-32(33)34)43-45-41(29-16-6-2-7-17-29)44-42(46-43)30-18-8-3-9-19-30;47-40-34(31-15-6-2-7-16-31)19-10-23-38(40)36-21-11-22-37-35(36)20-12-24-39(37)43-45-41(32-17-8-3-9-18-32)44-42(46-43)33-27-25-30(26-28-33)29-13-4-1-5-14-29/h2*1-27H;1-28,47H. The van der Waals surface area contributed by atoms with Crippen LogP contribution in [0.4, 0.5) is 0 Å². The molecule has 0 saturated heterocycles. The van der Waals surface area contributed by atoms with Crippen molar-refractivity contribution < 1.29 is 0 Å². The molecule has 26 aromatic rings. The zero-order chi connectivity index (χ0) is 93.9. The van der Waals surface area contributed by atoms with Crippen molar-refractivity contribution in [3.63, 3.8) is 0 Å². The molecule has 662 valence electrons. The van der Waals surface area contributed by atoms with Gasteiger partial charge in [-0.15, -0.1) is 0 Å². The molecule has 0 radical (unpaired) electrons. The van der Waals surface area contributed by atoms with Gasteiger partial charge >= 0.3 is 771 Å². The van der Waals surface area contributed by atoms with Crippen LogP contribution in [0.3, 0.4) is 0 Å². The van der Waals surface area contributed by atoms with Gasteiger partial charge in [0, 0.05) is 0 Å². The minimum atomic E-state index is 0.164. The van der Waals surface area contributed by atoms with Gasteiger partial charge in [-0.2, -0.15) is 0 Å². The Balaban J connectivity index is 0.000000114. The van der Waals surface area contributed by atoms with E-state index in [9.17, 15) is 0 Å². The van der Waals surface area contributed by atoms with Gasteiger partial charge in [-0.1, -0.05) is 60.7 Å². The van der Waals surface area contributed by atoms with Gasteiger partial charge < -0.3 is 0 Å². The third-order valence-corrected chi connectivity index (χ3v) is 32.4.